The Morgan fingerprint density at radius 1 is 1.03 bits per heavy atom. The van der Waals surface area contributed by atoms with E-state index in [1.807, 2.05) is 12.1 Å². The zero-order valence-electron chi connectivity index (χ0n) is 18.0. The lowest BCUT2D eigenvalue weighted by Crippen LogP contribution is -2.38. The minimum atomic E-state index is 0.488. The number of ether oxygens (including phenoxy) is 2. The Labute approximate surface area is 174 Å². The fourth-order valence-corrected chi connectivity index (χ4v) is 4.44. The summed E-state index contributed by atoms with van der Waals surface area (Å²) in [6, 6.07) is 4.68. The van der Waals surface area contributed by atoms with Crippen molar-refractivity contribution in [3.05, 3.63) is 18.0 Å². The second kappa shape index (κ2) is 9.16. The summed E-state index contributed by atoms with van der Waals surface area (Å²) in [6.07, 6.45) is 8.79. The van der Waals surface area contributed by atoms with Gasteiger partial charge in [-0.05, 0) is 51.6 Å². The van der Waals surface area contributed by atoms with Crippen LogP contribution in [0.5, 0.6) is 11.5 Å². The molecule has 1 saturated heterocycles. The molecule has 29 heavy (non-hydrogen) atoms. The van der Waals surface area contributed by atoms with Crippen molar-refractivity contribution < 1.29 is 9.47 Å². The Balaban J connectivity index is 1.52. The average molecular weight is 399 g/mol. The van der Waals surface area contributed by atoms with Gasteiger partial charge in [-0.15, -0.1) is 0 Å². The zero-order chi connectivity index (χ0) is 20.2. The lowest BCUT2D eigenvalue weighted by molar-refractivity contribution is 0.160. The number of anilines is 1. The van der Waals surface area contributed by atoms with Gasteiger partial charge in [-0.1, -0.05) is 12.8 Å². The lowest BCUT2D eigenvalue weighted by Gasteiger charge is -2.33. The van der Waals surface area contributed by atoms with Crippen LogP contribution in [0.25, 0.3) is 10.9 Å². The maximum absolute atomic E-state index is 5.51. The minimum absolute atomic E-state index is 0.488. The van der Waals surface area contributed by atoms with E-state index >= 15 is 0 Å². The molecule has 2 fully saturated rings. The molecule has 0 amide bonds. The van der Waals surface area contributed by atoms with Crippen LogP contribution >= 0.6 is 0 Å². The molecule has 6 nitrogen and oxygen atoms in total. The van der Waals surface area contributed by atoms with Crippen molar-refractivity contribution in [3.63, 3.8) is 0 Å². The van der Waals surface area contributed by atoms with E-state index in [0.29, 0.717) is 23.5 Å². The van der Waals surface area contributed by atoms with E-state index in [1.165, 1.54) is 45.1 Å². The molecule has 4 rings (SSSR count). The normalized spacial score (nSPS) is 20.4. The molecule has 1 aliphatic heterocycles. The summed E-state index contributed by atoms with van der Waals surface area (Å²) in [7, 11) is 3.33. The Morgan fingerprint density at radius 2 is 1.83 bits per heavy atom. The van der Waals surface area contributed by atoms with Crippen molar-refractivity contribution in [3.8, 4) is 11.5 Å². The van der Waals surface area contributed by atoms with Crippen molar-refractivity contribution in [2.45, 2.75) is 63.8 Å². The van der Waals surface area contributed by atoms with Gasteiger partial charge in [0.05, 0.1) is 19.7 Å². The predicted octanol–water partition coefficient (Wildman–Crippen LogP) is 4.59. The summed E-state index contributed by atoms with van der Waals surface area (Å²) in [5.74, 6) is 3.79. The first-order chi connectivity index (χ1) is 14.2. The highest BCUT2D eigenvalue weighted by molar-refractivity contribution is 5.91. The molecule has 0 radical (unpaired) electrons. The number of nitrogens with one attached hydrogen (secondary N) is 1. The van der Waals surface area contributed by atoms with Crippen LogP contribution in [0.1, 0.15) is 63.6 Å². The highest BCUT2D eigenvalue weighted by atomic mass is 16.5. The highest BCUT2D eigenvalue weighted by Gasteiger charge is 2.24. The number of rotatable bonds is 8. The van der Waals surface area contributed by atoms with Gasteiger partial charge in [-0.2, -0.15) is 0 Å². The van der Waals surface area contributed by atoms with Crippen LogP contribution in [0.2, 0.25) is 0 Å². The summed E-state index contributed by atoms with van der Waals surface area (Å²) in [6.45, 7) is 5.65. The number of fused-ring (bicyclic) bond motifs is 1. The molecule has 1 aromatic heterocycles. The number of aromatic nitrogens is 2. The number of nitrogens with zero attached hydrogens (tertiary/aromatic N) is 3. The van der Waals surface area contributed by atoms with E-state index < -0.39 is 0 Å². The number of hydrogen-bond acceptors (Lipinski definition) is 6. The molecule has 2 aliphatic rings. The van der Waals surface area contributed by atoms with E-state index in [1.54, 1.807) is 14.2 Å². The molecule has 1 atom stereocenters. The third kappa shape index (κ3) is 4.42. The Bertz CT molecular complexity index is 837. The largest absolute Gasteiger partial charge is 0.493 e. The standard InChI is InChI=1S/C23H34N4O2/c1-16-8-4-5-12-27(16)13-7-11-24-23-18-14-20(28-2)21(29-3)15-19(18)25-22(26-23)17-9-6-10-17/h14-17H,4-13H2,1-3H3,(H,24,25,26)/t16-/m1/s1. The van der Waals surface area contributed by atoms with Gasteiger partial charge in [-0.25, -0.2) is 9.97 Å². The zero-order valence-corrected chi connectivity index (χ0v) is 18.0. The highest BCUT2D eigenvalue weighted by Crippen LogP contribution is 2.38. The van der Waals surface area contributed by atoms with Gasteiger partial charge in [0.25, 0.3) is 0 Å². The van der Waals surface area contributed by atoms with Crippen LogP contribution in [-0.4, -0.2) is 54.8 Å². The molecule has 6 heteroatoms. The SMILES string of the molecule is COc1cc2nc(C3CCC3)nc(NCCCN3CCCC[C@H]3C)c2cc1OC. The summed E-state index contributed by atoms with van der Waals surface area (Å²) >= 11 is 0. The molecular weight excluding hydrogens is 364 g/mol. The lowest BCUT2D eigenvalue weighted by atomic mass is 9.85. The number of likely N-dealkylation sites (tertiary alicyclic amines) is 1. The van der Waals surface area contributed by atoms with Crippen molar-refractivity contribution >= 4 is 16.7 Å². The van der Waals surface area contributed by atoms with Crippen LogP contribution < -0.4 is 14.8 Å². The summed E-state index contributed by atoms with van der Waals surface area (Å²) in [4.78, 5) is 12.4. The van der Waals surface area contributed by atoms with Crippen LogP contribution in [0.4, 0.5) is 5.82 Å². The maximum Gasteiger partial charge on any atom is 0.162 e. The van der Waals surface area contributed by atoms with Crippen LogP contribution in [0.15, 0.2) is 12.1 Å². The van der Waals surface area contributed by atoms with E-state index in [0.717, 1.165) is 42.1 Å². The second-order valence-electron chi connectivity index (χ2n) is 8.44. The molecule has 1 aliphatic carbocycles. The smallest absolute Gasteiger partial charge is 0.162 e. The average Bonchev–Trinajstić information content (AvgIpc) is 2.70. The third-order valence-corrected chi connectivity index (χ3v) is 6.54. The molecular formula is C23H34N4O2. The van der Waals surface area contributed by atoms with Crippen molar-refractivity contribution in [2.75, 3.05) is 39.2 Å². The van der Waals surface area contributed by atoms with Crippen molar-refractivity contribution in [2.24, 2.45) is 0 Å². The first kappa shape index (κ1) is 20.2. The van der Waals surface area contributed by atoms with E-state index in [4.69, 9.17) is 19.4 Å². The van der Waals surface area contributed by atoms with Gasteiger partial charge in [0.15, 0.2) is 11.5 Å². The molecule has 0 spiro atoms. The van der Waals surface area contributed by atoms with Gasteiger partial charge < -0.3 is 19.7 Å². The fourth-order valence-electron chi connectivity index (χ4n) is 4.44. The van der Waals surface area contributed by atoms with Gasteiger partial charge in [0.1, 0.15) is 11.6 Å². The molecule has 1 N–H and O–H groups in total. The molecule has 2 heterocycles. The summed E-state index contributed by atoms with van der Waals surface area (Å²) < 4.78 is 11.0. The van der Waals surface area contributed by atoms with Gasteiger partial charge >= 0.3 is 0 Å². The van der Waals surface area contributed by atoms with Crippen LogP contribution in [0, 0.1) is 0 Å². The minimum Gasteiger partial charge on any atom is -0.493 e. The van der Waals surface area contributed by atoms with Crippen molar-refractivity contribution in [1.29, 1.82) is 0 Å². The summed E-state index contributed by atoms with van der Waals surface area (Å²) in [5, 5.41) is 4.60. The van der Waals surface area contributed by atoms with Crippen LogP contribution in [-0.2, 0) is 0 Å². The summed E-state index contributed by atoms with van der Waals surface area (Å²) in [5.41, 5.74) is 0.923. The number of methoxy groups -OCH3 is 2. The van der Waals surface area contributed by atoms with Gasteiger partial charge in [0.2, 0.25) is 0 Å². The fraction of sp³-hybridized carbons (Fsp3) is 0.652. The second-order valence-corrected chi connectivity index (χ2v) is 8.44. The van der Waals surface area contributed by atoms with Gasteiger partial charge in [0, 0.05) is 36.5 Å². The Kier molecular flexibility index (Phi) is 6.38. The van der Waals surface area contributed by atoms with Crippen molar-refractivity contribution in [1.82, 2.24) is 14.9 Å². The van der Waals surface area contributed by atoms with E-state index in [2.05, 4.69) is 17.1 Å². The quantitative estimate of drug-likeness (QED) is 0.656. The van der Waals surface area contributed by atoms with E-state index in [9.17, 15) is 0 Å². The molecule has 0 bridgehead atoms. The monoisotopic (exact) mass is 398 g/mol. The first-order valence-electron chi connectivity index (χ1n) is 11.1. The topological polar surface area (TPSA) is 59.5 Å². The number of benzene rings is 1. The maximum atomic E-state index is 5.51. The molecule has 0 unspecified atom stereocenters. The van der Waals surface area contributed by atoms with Gasteiger partial charge in [-0.3, -0.25) is 0 Å². The Morgan fingerprint density at radius 3 is 2.52 bits per heavy atom. The number of piperidine rings is 1. The predicted molar refractivity (Wildman–Crippen MR) is 117 cm³/mol. The molecule has 1 aromatic carbocycles. The van der Waals surface area contributed by atoms with E-state index in [-0.39, 0.29) is 0 Å². The third-order valence-electron chi connectivity index (χ3n) is 6.54. The van der Waals surface area contributed by atoms with Crippen LogP contribution in [0.3, 0.4) is 0 Å². The Hall–Kier alpha value is -2.08. The number of hydrogen-bond donors (Lipinski definition) is 1. The molecule has 158 valence electrons. The molecule has 2 aromatic rings. The molecule has 1 saturated carbocycles. The first-order valence-corrected chi connectivity index (χ1v) is 11.1.